The summed E-state index contributed by atoms with van der Waals surface area (Å²) in [5.41, 5.74) is -0.463. The third-order valence-electron chi connectivity index (χ3n) is 3.23. The number of carbonyl (C=O) groups is 1. The van der Waals surface area contributed by atoms with Gasteiger partial charge in [0, 0.05) is 32.7 Å². The van der Waals surface area contributed by atoms with E-state index >= 15 is 0 Å². The molecule has 0 radical (unpaired) electrons. The van der Waals surface area contributed by atoms with Gasteiger partial charge in [-0.25, -0.2) is 4.79 Å². The maximum absolute atomic E-state index is 11.5. The van der Waals surface area contributed by atoms with Crippen molar-refractivity contribution in [2.24, 2.45) is 4.99 Å². The van der Waals surface area contributed by atoms with Crippen LogP contribution in [0.25, 0.3) is 0 Å². The minimum atomic E-state index is -0.463. The fourth-order valence-corrected chi connectivity index (χ4v) is 1.99. The second-order valence-corrected chi connectivity index (χ2v) is 6.50. The van der Waals surface area contributed by atoms with Gasteiger partial charge in [0.1, 0.15) is 5.60 Å². The Hall–Kier alpha value is -1.50. The Kier molecular flexibility index (Phi) is 12.1. The largest absolute Gasteiger partial charge is 0.444 e. The molecule has 142 valence electrons. The third kappa shape index (κ3) is 13.0. The molecule has 0 saturated heterocycles. The molecule has 0 aliphatic carbocycles. The molecule has 0 bridgehead atoms. The normalized spacial score (nSPS) is 12.2. The zero-order valence-corrected chi connectivity index (χ0v) is 16.4. The summed E-state index contributed by atoms with van der Waals surface area (Å²) in [6.45, 7) is 17.9. The first kappa shape index (κ1) is 22.5. The van der Waals surface area contributed by atoms with Gasteiger partial charge < -0.3 is 25.6 Å². The van der Waals surface area contributed by atoms with Crippen LogP contribution in [-0.2, 0) is 4.74 Å². The Labute approximate surface area is 147 Å². The Morgan fingerprint density at radius 2 is 1.71 bits per heavy atom. The van der Waals surface area contributed by atoms with Crippen molar-refractivity contribution in [2.45, 2.75) is 53.6 Å². The van der Waals surface area contributed by atoms with Gasteiger partial charge in [-0.3, -0.25) is 4.99 Å². The summed E-state index contributed by atoms with van der Waals surface area (Å²) in [7, 11) is 0. The lowest BCUT2D eigenvalue weighted by Crippen LogP contribution is -2.41. The van der Waals surface area contributed by atoms with E-state index in [0.717, 1.165) is 45.1 Å². The number of hydrogen-bond donors (Lipinski definition) is 3. The van der Waals surface area contributed by atoms with Gasteiger partial charge in [-0.2, -0.15) is 0 Å². The second-order valence-electron chi connectivity index (χ2n) is 6.50. The number of rotatable bonds is 10. The number of nitrogens with one attached hydrogen (secondary N) is 3. The number of amides is 1. The summed E-state index contributed by atoms with van der Waals surface area (Å²) in [5.74, 6) is 0.821. The summed E-state index contributed by atoms with van der Waals surface area (Å²) in [5, 5.41) is 9.31. The minimum Gasteiger partial charge on any atom is -0.444 e. The van der Waals surface area contributed by atoms with Crippen molar-refractivity contribution in [1.29, 1.82) is 0 Å². The molecule has 0 aliphatic heterocycles. The number of alkyl carbamates (subject to hydrolysis) is 1. The van der Waals surface area contributed by atoms with Crippen LogP contribution in [0.4, 0.5) is 4.79 Å². The van der Waals surface area contributed by atoms with Crippen molar-refractivity contribution >= 4 is 12.1 Å². The molecule has 0 aromatic heterocycles. The highest BCUT2D eigenvalue weighted by Gasteiger charge is 2.15. The van der Waals surface area contributed by atoms with Crippen LogP contribution in [0.1, 0.15) is 48.0 Å². The number of aliphatic imine (C=N–C) groups is 1. The van der Waals surface area contributed by atoms with E-state index in [0.29, 0.717) is 13.1 Å². The number of hydrogen-bond acceptors (Lipinski definition) is 4. The first-order chi connectivity index (χ1) is 11.3. The summed E-state index contributed by atoms with van der Waals surface area (Å²) in [6, 6.07) is 0. The zero-order valence-electron chi connectivity index (χ0n) is 16.4. The quantitative estimate of drug-likeness (QED) is 0.320. The molecule has 0 spiro atoms. The highest BCUT2D eigenvalue weighted by molar-refractivity contribution is 5.79. The van der Waals surface area contributed by atoms with Crippen molar-refractivity contribution in [1.82, 2.24) is 20.9 Å². The highest BCUT2D eigenvalue weighted by Crippen LogP contribution is 2.06. The van der Waals surface area contributed by atoms with Crippen molar-refractivity contribution in [3.63, 3.8) is 0 Å². The van der Waals surface area contributed by atoms with Gasteiger partial charge in [-0.15, -0.1) is 0 Å². The van der Waals surface area contributed by atoms with Gasteiger partial charge >= 0.3 is 6.09 Å². The van der Waals surface area contributed by atoms with Crippen LogP contribution in [0.3, 0.4) is 0 Å². The van der Waals surface area contributed by atoms with Gasteiger partial charge in [0.2, 0.25) is 0 Å². The smallest absolute Gasteiger partial charge is 0.407 e. The topological polar surface area (TPSA) is 78.0 Å². The molecule has 0 aromatic carbocycles. The van der Waals surface area contributed by atoms with Crippen LogP contribution in [0.15, 0.2) is 4.99 Å². The summed E-state index contributed by atoms with van der Waals surface area (Å²) in [4.78, 5) is 18.4. The molecule has 1 amide bonds. The molecular weight excluding hydrogens is 306 g/mol. The SMILES string of the molecule is CCNC(=NCCCNC(=O)OC(C)(C)C)NCCN(CC)CC. The average molecular weight is 344 g/mol. The zero-order chi connectivity index (χ0) is 18.4. The van der Waals surface area contributed by atoms with E-state index in [1.165, 1.54) is 0 Å². The Bertz CT molecular complexity index is 362. The molecule has 0 saturated carbocycles. The van der Waals surface area contributed by atoms with E-state index in [1.54, 1.807) is 0 Å². The lowest BCUT2D eigenvalue weighted by atomic mass is 10.2. The predicted octanol–water partition coefficient (Wildman–Crippen LogP) is 1.80. The first-order valence-corrected chi connectivity index (χ1v) is 9.03. The summed E-state index contributed by atoms with van der Waals surface area (Å²) < 4.78 is 5.19. The molecule has 0 fully saturated rings. The Balaban J connectivity index is 4.01. The van der Waals surface area contributed by atoms with Gasteiger partial charge in [-0.1, -0.05) is 13.8 Å². The Morgan fingerprint density at radius 3 is 2.25 bits per heavy atom. The van der Waals surface area contributed by atoms with E-state index in [-0.39, 0.29) is 6.09 Å². The number of nitrogens with zero attached hydrogens (tertiary/aromatic N) is 2. The van der Waals surface area contributed by atoms with E-state index in [1.807, 2.05) is 27.7 Å². The van der Waals surface area contributed by atoms with Crippen molar-refractivity contribution in [3.8, 4) is 0 Å². The van der Waals surface area contributed by atoms with Gasteiger partial charge in [0.25, 0.3) is 0 Å². The second kappa shape index (κ2) is 12.9. The van der Waals surface area contributed by atoms with Crippen LogP contribution in [0.2, 0.25) is 0 Å². The van der Waals surface area contributed by atoms with Gasteiger partial charge in [-0.05, 0) is 47.2 Å². The van der Waals surface area contributed by atoms with Crippen molar-refractivity contribution < 1.29 is 9.53 Å². The Morgan fingerprint density at radius 1 is 1.04 bits per heavy atom. The first-order valence-electron chi connectivity index (χ1n) is 9.03. The number of carbonyl (C=O) groups excluding carboxylic acids is 1. The lowest BCUT2D eigenvalue weighted by Gasteiger charge is -2.19. The number of likely N-dealkylation sites (N-methyl/N-ethyl adjacent to an activating group) is 1. The van der Waals surface area contributed by atoms with E-state index in [4.69, 9.17) is 4.74 Å². The van der Waals surface area contributed by atoms with E-state index in [2.05, 4.69) is 39.7 Å². The monoisotopic (exact) mass is 343 g/mol. The number of ether oxygens (including phenoxy) is 1. The van der Waals surface area contributed by atoms with Crippen molar-refractivity contribution in [3.05, 3.63) is 0 Å². The fourth-order valence-electron chi connectivity index (χ4n) is 1.99. The maximum atomic E-state index is 11.5. The molecule has 0 rings (SSSR count). The molecular formula is C17H37N5O2. The van der Waals surface area contributed by atoms with Crippen LogP contribution < -0.4 is 16.0 Å². The molecule has 0 aromatic rings. The van der Waals surface area contributed by atoms with E-state index in [9.17, 15) is 4.79 Å². The molecule has 7 nitrogen and oxygen atoms in total. The van der Waals surface area contributed by atoms with Crippen LogP contribution in [0, 0.1) is 0 Å². The molecule has 24 heavy (non-hydrogen) atoms. The molecule has 0 unspecified atom stereocenters. The molecule has 7 heteroatoms. The lowest BCUT2D eigenvalue weighted by molar-refractivity contribution is 0.0527. The van der Waals surface area contributed by atoms with Crippen LogP contribution >= 0.6 is 0 Å². The predicted molar refractivity (Wildman–Crippen MR) is 101 cm³/mol. The summed E-state index contributed by atoms with van der Waals surface area (Å²) in [6.07, 6.45) is 0.391. The summed E-state index contributed by atoms with van der Waals surface area (Å²) >= 11 is 0. The standard InChI is InChI=1S/C17H37N5O2/c1-7-18-15(20-13-14-22(8-2)9-3)19-11-10-12-21-16(23)24-17(4,5)6/h7-14H2,1-6H3,(H,21,23)(H2,18,19,20). The van der Waals surface area contributed by atoms with E-state index < -0.39 is 5.60 Å². The highest BCUT2D eigenvalue weighted by atomic mass is 16.6. The third-order valence-corrected chi connectivity index (χ3v) is 3.23. The molecule has 0 heterocycles. The minimum absolute atomic E-state index is 0.379. The average Bonchev–Trinajstić information content (AvgIpc) is 2.49. The van der Waals surface area contributed by atoms with Crippen molar-refractivity contribution in [2.75, 3.05) is 45.8 Å². The fraction of sp³-hybridized carbons (Fsp3) is 0.882. The molecule has 3 N–H and O–H groups in total. The number of guanidine groups is 1. The van der Waals surface area contributed by atoms with Crippen LogP contribution in [-0.4, -0.2) is 68.4 Å². The molecule has 0 aliphatic rings. The van der Waals surface area contributed by atoms with Gasteiger partial charge in [0.15, 0.2) is 5.96 Å². The van der Waals surface area contributed by atoms with Crippen LogP contribution in [0.5, 0.6) is 0 Å². The maximum Gasteiger partial charge on any atom is 0.407 e. The molecule has 0 atom stereocenters. The van der Waals surface area contributed by atoms with Gasteiger partial charge in [0.05, 0.1) is 0 Å².